The fourth-order valence-electron chi connectivity index (χ4n) is 2.08. The van der Waals surface area contributed by atoms with E-state index < -0.39 is 34.4 Å². The van der Waals surface area contributed by atoms with Crippen molar-refractivity contribution >= 4 is 45.0 Å². The van der Waals surface area contributed by atoms with E-state index >= 15 is 0 Å². The molecule has 0 aliphatic carbocycles. The summed E-state index contributed by atoms with van der Waals surface area (Å²) in [5, 5.41) is 0.498. The highest BCUT2D eigenvalue weighted by Crippen LogP contribution is 2.22. The second-order valence-corrected chi connectivity index (χ2v) is 8.34. The molecule has 1 atom stereocenters. The molecule has 2 aromatic rings. The highest BCUT2D eigenvalue weighted by atomic mass is 35.5. The van der Waals surface area contributed by atoms with Crippen LogP contribution in [0.25, 0.3) is 0 Å². The van der Waals surface area contributed by atoms with Crippen LogP contribution in [0.5, 0.6) is 0 Å². The fourth-order valence-corrected chi connectivity index (χ4v) is 3.57. The van der Waals surface area contributed by atoms with E-state index in [1.165, 1.54) is 37.3 Å². The van der Waals surface area contributed by atoms with Crippen molar-refractivity contribution in [2.45, 2.75) is 24.8 Å². The highest BCUT2D eigenvalue weighted by molar-refractivity contribution is 7.89. The normalized spacial score (nSPS) is 12.4. The number of hydrogen-bond donors (Lipinski definition) is 1. The van der Waals surface area contributed by atoms with E-state index in [1.807, 2.05) is 6.92 Å². The molecule has 2 rings (SSSR count). The van der Waals surface area contributed by atoms with Crippen LogP contribution in [0, 0.1) is 6.92 Å². The quantitative estimate of drug-likeness (QED) is 0.537. The molecule has 9 heteroatoms. The molecular formula is C18H17Cl2NO5S. The van der Waals surface area contributed by atoms with Gasteiger partial charge in [0.25, 0.3) is 0 Å². The molecule has 0 unspecified atom stereocenters. The molecule has 144 valence electrons. The van der Waals surface area contributed by atoms with Crippen LogP contribution in [0.15, 0.2) is 47.4 Å². The molecule has 27 heavy (non-hydrogen) atoms. The second kappa shape index (κ2) is 8.84. The lowest BCUT2D eigenvalue weighted by atomic mass is 10.1. The van der Waals surface area contributed by atoms with Gasteiger partial charge in [0.2, 0.25) is 10.0 Å². The lowest BCUT2D eigenvalue weighted by Crippen LogP contribution is -2.40. The third-order valence-corrected chi connectivity index (χ3v) is 5.90. The molecule has 2 aromatic carbocycles. The Balaban J connectivity index is 1.95. The average molecular weight is 430 g/mol. The Hall–Kier alpha value is -1.93. The monoisotopic (exact) mass is 429 g/mol. The molecule has 6 nitrogen and oxygen atoms in total. The number of sulfonamides is 1. The molecule has 0 spiro atoms. The number of aryl methyl sites for hydroxylation is 1. The zero-order valence-corrected chi connectivity index (χ0v) is 16.9. The van der Waals surface area contributed by atoms with Gasteiger partial charge in [-0.15, -0.1) is 0 Å². The minimum Gasteiger partial charge on any atom is -0.456 e. The van der Waals surface area contributed by atoms with Gasteiger partial charge >= 0.3 is 5.97 Å². The number of carbonyl (C=O) groups excluding carboxylic acids is 2. The number of Topliss-reactive ketones (excluding diaryl/α,β-unsaturated/α-hetero) is 1. The number of esters is 1. The molecule has 0 bridgehead atoms. The topological polar surface area (TPSA) is 89.5 Å². The first-order valence-electron chi connectivity index (χ1n) is 7.84. The zero-order chi connectivity index (χ0) is 20.2. The first-order valence-corrected chi connectivity index (χ1v) is 10.1. The highest BCUT2D eigenvalue weighted by Gasteiger charge is 2.24. The Kier molecular flexibility index (Phi) is 7.00. The molecule has 0 aliphatic heterocycles. The van der Waals surface area contributed by atoms with Crippen molar-refractivity contribution in [1.29, 1.82) is 0 Å². The summed E-state index contributed by atoms with van der Waals surface area (Å²) in [5.41, 5.74) is 1.13. The maximum Gasteiger partial charge on any atom is 0.324 e. The molecule has 0 amide bonds. The summed E-state index contributed by atoms with van der Waals surface area (Å²) >= 11 is 11.6. The Labute approximate surface area is 167 Å². The molecular weight excluding hydrogens is 413 g/mol. The largest absolute Gasteiger partial charge is 0.456 e. The van der Waals surface area contributed by atoms with Gasteiger partial charge in [-0.05, 0) is 44.2 Å². The van der Waals surface area contributed by atoms with Crippen LogP contribution in [0.3, 0.4) is 0 Å². The van der Waals surface area contributed by atoms with E-state index in [0.717, 1.165) is 5.56 Å². The maximum atomic E-state index is 12.3. The van der Waals surface area contributed by atoms with Crippen LogP contribution in [0.2, 0.25) is 10.0 Å². The van der Waals surface area contributed by atoms with Gasteiger partial charge in [0.05, 0.1) is 14.9 Å². The number of ether oxygens (including phenoxy) is 1. The van der Waals surface area contributed by atoms with E-state index in [9.17, 15) is 18.0 Å². The summed E-state index contributed by atoms with van der Waals surface area (Å²) in [4.78, 5) is 24.1. The second-order valence-electron chi connectivity index (χ2n) is 5.82. The minimum absolute atomic E-state index is 0.0274. The van der Waals surface area contributed by atoms with Crippen LogP contribution < -0.4 is 4.72 Å². The first-order chi connectivity index (χ1) is 12.6. The number of hydrogen-bond acceptors (Lipinski definition) is 5. The maximum absolute atomic E-state index is 12.3. The lowest BCUT2D eigenvalue weighted by molar-refractivity contribution is -0.144. The Bertz CT molecular complexity index is 958. The molecule has 0 aromatic heterocycles. The van der Waals surface area contributed by atoms with Gasteiger partial charge < -0.3 is 4.74 Å². The summed E-state index contributed by atoms with van der Waals surface area (Å²) in [7, 11) is -3.89. The number of ketones is 1. The van der Waals surface area contributed by atoms with Gasteiger partial charge in [-0.2, -0.15) is 4.72 Å². The van der Waals surface area contributed by atoms with Crippen molar-refractivity contribution in [3.63, 3.8) is 0 Å². The van der Waals surface area contributed by atoms with E-state index in [1.54, 1.807) is 12.1 Å². The summed E-state index contributed by atoms with van der Waals surface area (Å²) < 4.78 is 31.7. The molecule has 0 saturated heterocycles. The molecule has 0 saturated carbocycles. The van der Waals surface area contributed by atoms with Crippen molar-refractivity contribution in [2.24, 2.45) is 0 Å². The predicted molar refractivity (Wildman–Crippen MR) is 103 cm³/mol. The van der Waals surface area contributed by atoms with Crippen molar-refractivity contribution in [3.8, 4) is 0 Å². The Morgan fingerprint density at radius 1 is 1.07 bits per heavy atom. The smallest absolute Gasteiger partial charge is 0.324 e. The van der Waals surface area contributed by atoms with Crippen molar-refractivity contribution < 1.29 is 22.7 Å². The third kappa shape index (κ3) is 5.77. The van der Waals surface area contributed by atoms with Gasteiger partial charge in [0, 0.05) is 5.56 Å². The molecule has 1 N–H and O–H groups in total. The van der Waals surface area contributed by atoms with Gasteiger partial charge in [-0.3, -0.25) is 9.59 Å². The third-order valence-electron chi connectivity index (χ3n) is 3.60. The standard InChI is InChI=1S/C18H17Cl2NO5S/c1-11-3-6-14(7-4-11)27(24,25)21-12(2)18(23)26-10-17(22)13-5-8-15(19)16(20)9-13/h3-9,12,21H,10H2,1-2H3/t12-/m0/s1. The SMILES string of the molecule is Cc1ccc(S(=O)(=O)N[C@@H](C)C(=O)OCC(=O)c2ccc(Cl)c(Cl)c2)cc1. The molecule has 0 aliphatic rings. The summed E-state index contributed by atoms with van der Waals surface area (Å²) in [6, 6.07) is 9.26. The van der Waals surface area contributed by atoms with Gasteiger partial charge in [-0.25, -0.2) is 8.42 Å². The fraction of sp³-hybridized carbons (Fsp3) is 0.222. The lowest BCUT2D eigenvalue weighted by Gasteiger charge is -2.14. The number of carbonyl (C=O) groups is 2. The van der Waals surface area contributed by atoms with Crippen LogP contribution in [0.4, 0.5) is 0 Å². The van der Waals surface area contributed by atoms with E-state index in [-0.39, 0.29) is 15.5 Å². The van der Waals surface area contributed by atoms with Gasteiger partial charge in [0.15, 0.2) is 12.4 Å². The number of benzene rings is 2. The van der Waals surface area contributed by atoms with Gasteiger partial charge in [-0.1, -0.05) is 40.9 Å². The molecule has 0 radical (unpaired) electrons. The van der Waals surface area contributed by atoms with Crippen molar-refractivity contribution in [2.75, 3.05) is 6.61 Å². The number of halogens is 2. The average Bonchev–Trinajstić information content (AvgIpc) is 2.61. The Morgan fingerprint density at radius 3 is 2.30 bits per heavy atom. The van der Waals surface area contributed by atoms with Crippen LogP contribution >= 0.6 is 23.2 Å². The van der Waals surface area contributed by atoms with Crippen molar-refractivity contribution in [1.82, 2.24) is 4.72 Å². The van der Waals surface area contributed by atoms with Gasteiger partial charge in [0.1, 0.15) is 6.04 Å². The minimum atomic E-state index is -3.89. The molecule has 0 heterocycles. The van der Waals surface area contributed by atoms with Crippen molar-refractivity contribution in [3.05, 3.63) is 63.6 Å². The van der Waals surface area contributed by atoms with Crippen LogP contribution in [0.1, 0.15) is 22.8 Å². The summed E-state index contributed by atoms with van der Waals surface area (Å²) in [5.74, 6) is -1.37. The first kappa shape index (κ1) is 21.4. The summed E-state index contributed by atoms with van der Waals surface area (Å²) in [6.45, 7) is 2.61. The summed E-state index contributed by atoms with van der Waals surface area (Å²) in [6.07, 6.45) is 0. The van der Waals surface area contributed by atoms with E-state index in [2.05, 4.69) is 4.72 Å². The van der Waals surface area contributed by atoms with E-state index in [0.29, 0.717) is 5.02 Å². The number of rotatable bonds is 7. The Morgan fingerprint density at radius 2 is 1.70 bits per heavy atom. The molecule has 0 fully saturated rings. The van der Waals surface area contributed by atoms with E-state index in [4.69, 9.17) is 27.9 Å². The van der Waals surface area contributed by atoms with Crippen LogP contribution in [-0.4, -0.2) is 32.8 Å². The predicted octanol–water partition coefficient (Wildman–Crippen LogP) is 3.39. The van der Waals surface area contributed by atoms with Crippen LogP contribution in [-0.2, 0) is 19.6 Å². The number of nitrogens with one attached hydrogen (secondary N) is 1. The zero-order valence-electron chi connectivity index (χ0n) is 14.5.